The van der Waals surface area contributed by atoms with E-state index >= 15 is 0 Å². The average Bonchev–Trinajstić information content (AvgIpc) is 3.16. The van der Waals surface area contributed by atoms with E-state index in [2.05, 4.69) is 64.3 Å². The smallest absolute Gasteiger partial charge is 0.193 e. The van der Waals surface area contributed by atoms with Gasteiger partial charge in [-0.2, -0.15) is 0 Å². The molecular formula is C21H35IN4O. The second-order valence-electron chi connectivity index (χ2n) is 7.73. The molecule has 152 valence electrons. The quantitative estimate of drug-likeness (QED) is 0.395. The highest BCUT2D eigenvalue weighted by molar-refractivity contribution is 14.0. The first-order valence-electron chi connectivity index (χ1n) is 10.0. The van der Waals surface area contributed by atoms with Crippen molar-refractivity contribution in [2.24, 2.45) is 10.9 Å². The van der Waals surface area contributed by atoms with E-state index in [1.165, 1.54) is 12.0 Å². The standard InChI is InChI=1S/C21H34N4O.HI/c1-17(2)20(18-7-5-4-6-8-18)15-23-21(22-3)25-10-9-19(16-25)24-11-13-26-14-12-24;/h4-8,17,19-20H,9-16H2,1-3H3,(H,22,23);1H. The van der Waals surface area contributed by atoms with Crippen molar-refractivity contribution in [3.05, 3.63) is 35.9 Å². The molecule has 2 unspecified atom stereocenters. The third-order valence-electron chi connectivity index (χ3n) is 5.75. The van der Waals surface area contributed by atoms with E-state index in [0.29, 0.717) is 17.9 Å². The Balaban J connectivity index is 0.00000261. The monoisotopic (exact) mass is 486 g/mol. The molecule has 27 heavy (non-hydrogen) atoms. The number of guanidine groups is 1. The molecule has 0 aliphatic carbocycles. The fourth-order valence-corrected chi connectivity index (χ4v) is 4.15. The van der Waals surface area contributed by atoms with Crippen LogP contribution in [0.25, 0.3) is 0 Å². The lowest BCUT2D eigenvalue weighted by Crippen LogP contribution is -2.47. The van der Waals surface area contributed by atoms with Crippen molar-refractivity contribution >= 4 is 29.9 Å². The molecule has 2 aliphatic rings. The third kappa shape index (κ3) is 6.06. The van der Waals surface area contributed by atoms with Crippen molar-refractivity contribution < 1.29 is 4.74 Å². The van der Waals surface area contributed by atoms with E-state index in [0.717, 1.165) is 51.9 Å². The molecule has 1 aromatic rings. The highest BCUT2D eigenvalue weighted by Crippen LogP contribution is 2.24. The molecule has 0 bridgehead atoms. The number of halogens is 1. The maximum absolute atomic E-state index is 5.49. The molecule has 6 heteroatoms. The molecule has 3 rings (SSSR count). The second-order valence-corrected chi connectivity index (χ2v) is 7.73. The molecule has 2 heterocycles. The number of aliphatic imine (C=N–C) groups is 1. The number of hydrogen-bond donors (Lipinski definition) is 1. The Bertz CT molecular complexity index is 575. The summed E-state index contributed by atoms with van der Waals surface area (Å²) in [4.78, 5) is 9.56. The number of nitrogens with zero attached hydrogens (tertiary/aromatic N) is 3. The zero-order valence-electron chi connectivity index (χ0n) is 16.9. The van der Waals surface area contributed by atoms with Crippen LogP contribution in [0, 0.1) is 5.92 Å². The van der Waals surface area contributed by atoms with Gasteiger partial charge in [-0.1, -0.05) is 44.2 Å². The van der Waals surface area contributed by atoms with Gasteiger partial charge in [0.15, 0.2) is 5.96 Å². The van der Waals surface area contributed by atoms with Crippen molar-refractivity contribution in [2.45, 2.75) is 32.2 Å². The SMILES string of the molecule is CN=C(NCC(c1ccccc1)C(C)C)N1CCC(N2CCOCC2)C1.I. The van der Waals surface area contributed by atoms with Crippen LogP contribution < -0.4 is 5.32 Å². The lowest BCUT2D eigenvalue weighted by atomic mass is 9.88. The molecule has 2 fully saturated rings. The van der Waals surface area contributed by atoms with Crippen LogP contribution in [0.15, 0.2) is 35.3 Å². The predicted octanol–water partition coefficient (Wildman–Crippen LogP) is 3.03. The van der Waals surface area contributed by atoms with Crippen molar-refractivity contribution in [2.75, 3.05) is 53.0 Å². The minimum Gasteiger partial charge on any atom is -0.379 e. The summed E-state index contributed by atoms with van der Waals surface area (Å²) in [5.74, 6) is 2.12. The summed E-state index contributed by atoms with van der Waals surface area (Å²) in [5.41, 5.74) is 1.40. The normalized spacial score (nSPS) is 22.6. The highest BCUT2D eigenvalue weighted by atomic mass is 127. The Kier molecular flexibility index (Phi) is 9.32. The number of benzene rings is 1. The minimum absolute atomic E-state index is 0. The minimum atomic E-state index is 0. The number of hydrogen-bond acceptors (Lipinski definition) is 3. The summed E-state index contributed by atoms with van der Waals surface area (Å²) in [5, 5.41) is 3.65. The maximum Gasteiger partial charge on any atom is 0.193 e. The molecule has 2 saturated heterocycles. The largest absolute Gasteiger partial charge is 0.379 e. The fourth-order valence-electron chi connectivity index (χ4n) is 4.15. The molecule has 2 aliphatic heterocycles. The van der Waals surface area contributed by atoms with Gasteiger partial charge in [0.05, 0.1) is 13.2 Å². The average molecular weight is 486 g/mol. The van der Waals surface area contributed by atoms with Gasteiger partial charge in [-0.25, -0.2) is 0 Å². The van der Waals surface area contributed by atoms with Gasteiger partial charge in [-0.05, 0) is 17.9 Å². The maximum atomic E-state index is 5.49. The molecule has 0 spiro atoms. The van der Waals surface area contributed by atoms with E-state index in [9.17, 15) is 0 Å². The summed E-state index contributed by atoms with van der Waals surface area (Å²) >= 11 is 0. The first kappa shape index (κ1) is 22.4. The van der Waals surface area contributed by atoms with Crippen molar-refractivity contribution in [1.29, 1.82) is 0 Å². The summed E-state index contributed by atoms with van der Waals surface area (Å²) in [6.07, 6.45) is 1.22. The molecule has 0 amide bonds. The summed E-state index contributed by atoms with van der Waals surface area (Å²) in [7, 11) is 1.90. The molecular weight excluding hydrogens is 451 g/mol. The molecule has 0 saturated carbocycles. The van der Waals surface area contributed by atoms with Gasteiger partial charge >= 0.3 is 0 Å². The van der Waals surface area contributed by atoms with Crippen LogP contribution in [0.3, 0.4) is 0 Å². The molecule has 1 N–H and O–H groups in total. The van der Waals surface area contributed by atoms with Crippen LogP contribution in [0.2, 0.25) is 0 Å². The zero-order chi connectivity index (χ0) is 18.4. The number of ether oxygens (including phenoxy) is 1. The molecule has 0 aromatic heterocycles. The molecule has 1 aromatic carbocycles. The summed E-state index contributed by atoms with van der Waals surface area (Å²) in [6.45, 7) is 11.5. The van der Waals surface area contributed by atoms with Gasteiger partial charge < -0.3 is 15.0 Å². The van der Waals surface area contributed by atoms with Crippen molar-refractivity contribution in [3.8, 4) is 0 Å². The lowest BCUT2D eigenvalue weighted by Gasteiger charge is -2.32. The van der Waals surface area contributed by atoms with E-state index in [1.807, 2.05) is 7.05 Å². The van der Waals surface area contributed by atoms with Gasteiger partial charge in [0.2, 0.25) is 0 Å². The summed E-state index contributed by atoms with van der Waals surface area (Å²) < 4.78 is 5.49. The van der Waals surface area contributed by atoms with Crippen LogP contribution in [0.5, 0.6) is 0 Å². The van der Waals surface area contributed by atoms with Crippen LogP contribution in [0.4, 0.5) is 0 Å². The second kappa shape index (κ2) is 11.2. The van der Waals surface area contributed by atoms with Crippen LogP contribution in [-0.2, 0) is 4.74 Å². The van der Waals surface area contributed by atoms with Gasteiger partial charge in [0.1, 0.15) is 0 Å². The Labute approximate surface area is 181 Å². The molecule has 2 atom stereocenters. The Morgan fingerprint density at radius 3 is 2.52 bits per heavy atom. The molecule has 0 radical (unpaired) electrons. The number of rotatable bonds is 5. The fraction of sp³-hybridized carbons (Fsp3) is 0.667. The van der Waals surface area contributed by atoms with E-state index in [1.54, 1.807) is 0 Å². The number of morpholine rings is 1. The number of likely N-dealkylation sites (tertiary alicyclic amines) is 1. The Hall–Kier alpha value is -0.860. The van der Waals surface area contributed by atoms with Crippen LogP contribution in [0.1, 0.15) is 31.7 Å². The first-order valence-corrected chi connectivity index (χ1v) is 10.0. The highest BCUT2D eigenvalue weighted by Gasteiger charge is 2.30. The van der Waals surface area contributed by atoms with Gasteiger partial charge in [0, 0.05) is 51.7 Å². The lowest BCUT2D eigenvalue weighted by molar-refractivity contribution is 0.0195. The van der Waals surface area contributed by atoms with Gasteiger partial charge in [-0.15, -0.1) is 24.0 Å². The van der Waals surface area contributed by atoms with Crippen molar-refractivity contribution in [3.63, 3.8) is 0 Å². The zero-order valence-corrected chi connectivity index (χ0v) is 19.3. The van der Waals surface area contributed by atoms with E-state index < -0.39 is 0 Å². The van der Waals surface area contributed by atoms with Gasteiger partial charge in [-0.3, -0.25) is 9.89 Å². The van der Waals surface area contributed by atoms with Crippen LogP contribution >= 0.6 is 24.0 Å². The van der Waals surface area contributed by atoms with Gasteiger partial charge in [0.25, 0.3) is 0 Å². The van der Waals surface area contributed by atoms with E-state index in [4.69, 9.17) is 4.74 Å². The topological polar surface area (TPSA) is 40.1 Å². The Morgan fingerprint density at radius 1 is 1.19 bits per heavy atom. The first-order chi connectivity index (χ1) is 12.7. The molecule has 5 nitrogen and oxygen atoms in total. The summed E-state index contributed by atoms with van der Waals surface area (Å²) in [6, 6.07) is 11.5. The third-order valence-corrected chi connectivity index (χ3v) is 5.75. The van der Waals surface area contributed by atoms with Crippen molar-refractivity contribution in [1.82, 2.24) is 15.1 Å². The Morgan fingerprint density at radius 2 is 1.89 bits per heavy atom. The van der Waals surface area contributed by atoms with Crippen LogP contribution in [-0.4, -0.2) is 74.8 Å². The number of nitrogens with one attached hydrogen (secondary N) is 1. The van der Waals surface area contributed by atoms with E-state index in [-0.39, 0.29) is 24.0 Å². The predicted molar refractivity (Wildman–Crippen MR) is 123 cm³/mol.